The van der Waals surface area contributed by atoms with Crippen LogP contribution in [0.5, 0.6) is 5.75 Å². The average Bonchev–Trinajstić information content (AvgIpc) is 3.02. The molecule has 0 atom stereocenters. The minimum absolute atomic E-state index is 0.0369. The molecule has 1 spiro atoms. The van der Waals surface area contributed by atoms with E-state index in [1.165, 1.54) is 0 Å². The van der Waals surface area contributed by atoms with Gasteiger partial charge >= 0.3 is 5.97 Å². The van der Waals surface area contributed by atoms with E-state index in [0.717, 1.165) is 5.69 Å². The summed E-state index contributed by atoms with van der Waals surface area (Å²) in [6.45, 7) is 3.22. The molecule has 28 heavy (non-hydrogen) atoms. The third-order valence-corrected chi connectivity index (χ3v) is 6.70. The number of amides is 2. The van der Waals surface area contributed by atoms with Gasteiger partial charge < -0.3 is 14.4 Å². The highest BCUT2D eigenvalue weighted by Crippen LogP contribution is 2.47. The Morgan fingerprint density at radius 1 is 1.21 bits per heavy atom. The summed E-state index contributed by atoms with van der Waals surface area (Å²) in [7, 11) is 1.61. The first-order valence-electron chi connectivity index (χ1n) is 9.53. The number of likely N-dealkylation sites (tertiary alicyclic amines) is 1. The molecule has 2 heterocycles. The number of methoxy groups -OCH3 is 1. The largest absolute Gasteiger partial charge is 0.497 e. The van der Waals surface area contributed by atoms with Gasteiger partial charge in [-0.15, -0.1) is 11.8 Å². The number of benzene rings is 1. The van der Waals surface area contributed by atoms with Gasteiger partial charge in [0.15, 0.2) is 0 Å². The van der Waals surface area contributed by atoms with Crippen LogP contribution in [0.1, 0.15) is 32.6 Å². The summed E-state index contributed by atoms with van der Waals surface area (Å²) in [5, 5.41) is 0. The monoisotopic (exact) mass is 406 g/mol. The molecule has 0 radical (unpaired) electrons. The fourth-order valence-electron chi connectivity index (χ4n) is 3.76. The highest BCUT2D eigenvalue weighted by Gasteiger charge is 2.49. The molecule has 2 aliphatic rings. The van der Waals surface area contributed by atoms with Gasteiger partial charge in [0.1, 0.15) is 5.75 Å². The van der Waals surface area contributed by atoms with Crippen LogP contribution in [0, 0.1) is 0 Å². The predicted octanol–water partition coefficient (Wildman–Crippen LogP) is 2.44. The second-order valence-corrected chi connectivity index (χ2v) is 8.19. The Morgan fingerprint density at radius 3 is 2.64 bits per heavy atom. The molecular weight excluding hydrogens is 380 g/mol. The van der Waals surface area contributed by atoms with Gasteiger partial charge in [-0.3, -0.25) is 19.3 Å². The van der Waals surface area contributed by atoms with Crippen molar-refractivity contribution in [3.8, 4) is 5.75 Å². The zero-order valence-electron chi connectivity index (χ0n) is 16.3. The summed E-state index contributed by atoms with van der Waals surface area (Å²) in [4.78, 5) is 39.9. The molecule has 7 nitrogen and oxygen atoms in total. The van der Waals surface area contributed by atoms with Gasteiger partial charge in [0.25, 0.3) is 0 Å². The number of rotatable bonds is 6. The van der Waals surface area contributed by atoms with Gasteiger partial charge in [-0.1, -0.05) is 6.07 Å². The van der Waals surface area contributed by atoms with E-state index in [1.54, 1.807) is 30.7 Å². The van der Waals surface area contributed by atoms with Crippen LogP contribution >= 0.6 is 11.8 Å². The first kappa shape index (κ1) is 20.5. The van der Waals surface area contributed by atoms with E-state index < -0.39 is 0 Å². The van der Waals surface area contributed by atoms with Crippen LogP contribution in [0.4, 0.5) is 5.69 Å². The van der Waals surface area contributed by atoms with Crippen LogP contribution in [0.2, 0.25) is 0 Å². The molecule has 2 aliphatic heterocycles. The van der Waals surface area contributed by atoms with Gasteiger partial charge in [0.2, 0.25) is 11.8 Å². The molecule has 3 rings (SSSR count). The Morgan fingerprint density at radius 2 is 1.96 bits per heavy atom. The smallest absolute Gasteiger partial charge is 0.306 e. The zero-order chi connectivity index (χ0) is 20.1. The fourth-order valence-corrected chi connectivity index (χ4v) is 5.08. The molecule has 0 bridgehead atoms. The minimum atomic E-state index is -0.342. The Kier molecular flexibility index (Phi) is 6.49. The van der Waals surface area contributed by atoms with Crippen LogP contribution in [-0.2, 0) is 19.1 Å². The number of nitrogens with zero attached hydrogens (tertiary/aromatic N) is 2. The Labute approximate surface area is 169 Å². The number of carbonyl (C=O) groups is 3. The van der Waals surface area contributed by atoms with Gasteiger partial charge in [-0.05, 0) is 31.9 Å². The molecule has 0 aliphatic carbocycles. The van der Waals surface area contributed by atoms with Crippen molar-refractivity contribution < 1.29 is 23.9 Å². The number of thioether (sulfide) groups is 1. The summed E-state index contributed by atoms with van der Waals surface area (Å²) in [6, 6.07) is 7.54. The van der Waals surface area contributed by atoms with E-state index >= 15 is 0 Å². The lowest BCUT2D eigenvalue weighted by Crippen LogP contribution is -2.53. The number of hydrogen-bond acceptors (Lipinski definition) is 6. The highest BCUT2D eigenvalue weighted by atomic mass is 32.2. The number of hydrogen-bond donors (Lipinski definition) is 0. The predicted molar refractivity (Wildman–Crippen MR) is 107 cm³/mol. The molecule has 152 valence electrons. The lowest BCUT2D eigenvalue weighted by Gasteiger charge is -2.44. The number of carbonyl (C=O) groups excluding carboxylic acids is 3. The molecule has 1 aromatic carbocycles. The summed E-state index contributed by atoms with van der Waals surface area (Å²) in [5.41, 5.74) is 0.830. The van der Waals surface area contributed by atoms with E-state index in [0.29, 0.717) is 44.0 Å². The van der Waals surface area contributed by atoms with E-state index in [4.69, 9.17) is 9.47 Å². The Hall–Kier alpha value is -2.22. The number of esters is 1. The lowest BCUT2D eigenvalue weighted by molar-refractivity contribution is -0.146. The zero-order valence-corrected chi connectivity index (χ0v) is 17.1. The SMILES string of the molecule is CCOC(=O)CCC(=O)N1CCC2(CC1)SCC(=O)N2c1cccc(OC)c1. The third-order valence-electron chi connectivity index (χ3n) is 5.18. The molecule has 1 aromatic rings. The average molecular weight is 407 g/mol. The molecule has 8 heteroatoms. The van der Waals surface area contributed by atoms with Crippen LogP contribution in [0.3, 0.4) is 0 Å². The number of piperidine rings is 1. The second-order valence-electron chi connectivity index (χ2n) is 6.85. The molecule has 2 fully saturated rings. The van der Waals surface area contributed by atoms with Crippen molar-refractivity contribution >= 4 is 35.2 Å². The number of anilines is 1. The van der Waals surface area contributed by atoms with Gasteiger partial charge in [-0.2, -0.15) is 0 Å². The van der Waals surface area contributed by atoms with Gasteiger partial charge in [0, 0.05) is 31.3 Å². The topological polar surface area (TPSA) is 76.2 Å². The maximum absolute atomic E-state index is 12.6. The fraction of sp³-hybridized carbons (Fsp3) is 0.550. The van der Waals surface area contributed by atoms with Gasteiger partial charge in [-0.25, -0.2) is 0 Å². The molecular formula is C20H26N2O5S. The van der Waals surface area contributed by atoms with Crippen molar-refractivity contribution in [3.05, 3.63) is 24.3 Å². The maximum atomic E-state index is 12.6. The van der Waals surface area contributed by atoms with Crippen molar-refractivity contribution in [2.45, 2.75) is 37.5 Å². The highest BCUT2D eigenvalue weighted by molar-refractivity contribution is 8.02. The first-order valence-corrected chi connectivity index (χ1v) is 10.5. The molecule has 0 saturated carbocycles. The summed E-state index contributed by atoms with van der Waals surface area (Å²) in [6.07, 6.45) is 1.67. The third kappa shape index (κ3) is 4.27. The van der Waals surface area contributed by atoms with Crippen LogP contribution < -0.4 is 9.64 Å². The Bertz CT molecular complexity index is 746. The molecule has 2 saturated heterocycles. The van der Waals surface area contributed by atoms with E-state index in [1.807, 2.05) is 29.2 Å². The van der Waals surface area contributed by atoms with Crippen molar-refractivity contribution in [1.29, 1.82) is 0 Å². The minimum Gasteiger partial charge on any atom is -0.497 e. The lowest BCUT2D eigenvalue weighted by atomic mass is 10.0. The van der Waals surface area contributed by atoms with Crippen molar-refractivity contribution in [2.24, 2.45) is 0 Å². The van der Waals surface area contributed by atoms with Crippen molar-refractivity contribution in [3.63, 3.8) is 0 Å². The molecule has 0 unspecified atom stereocenters. The molecule has 0 aromatic heterocycles. The summed E-state index contributed by atoms with van der Waals surface area (Å²) < 4.78 is 10.2. The second kappa shape index (κ2) is 8.86. The number of ether oxygens (including phenoxy) is 2. The van der Waals surface area contributed by atoms with Crippen molar-refractivity contribution in [2.75, 3.05) is 37.5 Å². The normalized spacial score (nSPS) is 18.4. The summed E-state index contributed by atoms with van der Waals surface area (Å²) in [5.74, 6) is 0.855. The molecule has 0 N–H and O–H groups in total. The van der Waals surface area contributed by atoms with Crippen LogP contribution in [0.15, 0.2) is 24.3 Å². The van der Waals surface area contributed by atoms with Crippen molar-refractivity contribution in [1.82, 2.24) is 4.90 Å². The van der Waals surface area contributed by atoms with E-state index in [-0.39, 0.29) is 35.5 Å². The Balaban J connectivity index is 1.65. The van der Waals surface area contributed by atoms with E-state index in [9.17, 15) is 14.4 Å². The quantitative estimate of drug-likeness (QED) is 0.676. The molecule has 2 amide bonds. The summed E-state index contributed by atoms with van der Waals surface area (Å²) >= 11 is 1.65. The van der Waals surface area contributed by atoms with Crippen LogP contribution in [-0.4, -0.2) is 60.1 Å². The van der Waals surface area contributed by atoms with Crippen LogP contribution in [0.25, 0.3) is 0 Å². The standard InChI is InChI=1S/C20H26N2O5S/c1-3-27-19(25)8-7-17(23)21-11-9-20(10-12-21)22(18(24)14-28-20)15-5-4-6-16(13-15)26-2/h4-6,13H,3,7-12,14H2,1-2H3. The first-order chi connectivity index (χ1) is 13.5. The van der Waals surface area contributed by atoms with E-state index in [2.05, 4.69) is 0 Å². The maximum Gasteiger partial charge on any atom is 0.306 e. The van der Waals surface area contributed by atoms with Gasteiger partial charge in [0.05, 0.1) is 30.8 Å².